The Labute approximate surface area is 116 Å². The van der Waals surface area contributed by atoms with E-state index in [-0.39, 0.29) is 6.61 Å². The zero-order chi connectivity index (χ0) is 14.2. The molecular formula is C14H16N3O3. The van der Waals surface area contributed by atoms with E-state index in [4.69, 9.17) is 10.3 Å². The average molecular weight is 274 g/mol. The summed E-state index contributed by atoms with van der Waals surface area (Å²) >= 11 is 0. The van der Waals surface area contributed by atoms with Crippen molar-refractivity contribution in [1.29, 1.82) is 0 Å². The predicted octanol–water partition coefficient (Wildman–Crippen LogP) is 1.89. The van der Waals surface area contributed by atoms with Gasteiger partial charge in [-0.2, -0.15) is 4.98 Å². The molecule has 0 spiro atoms. The number of nitrogens with zero attached hydrogens (tertiary/aromatic N) is 2. The number of primary amides is 1. The molecule has 2 N–H and O–H groups in total. The Hall–Kier alpha value is -2.37. The summed E-state index contributed by atoms with van der Waals surface area (Å²) in [6.45, 7) is 0.151. The van der Waals surface area contributed by atoms with E-state index in [0.29, 0.717) is 18.1 Å². The molecule has 0 saturated heterocycles. The van der Waals surface area contributed by atoms with Gasteiger partial charge >= 0.3 is 6.09 Å². The van der Waals surface area contributed by atoms with Gasteiger partial charge in [-0.1, -0.05) is 35.5 Å². The number of rotatable bonds is 7. The lowest BCUT2D eigenvalue weighted by Crippen LogP contribution is -2.15. The first-order valence-electron chi connectivity index (χ1n) is 6.36. The second-order valence-corrected chi connectivity index (χ2v) is 4.19. The van der Waals surface area contributed by atoms with Crippen molar-refractivity contribution in [2.45, 2.75) is 19.3 Å². The number of ether oxygens (including phenoxy) is 1. The van der Waals surface area contributed by atoms with Gasteiger partial charge in [0, 0.05) is 6.42 Å². The van der Waals surface area contributed by atoms with Gasteiger partial charge in [-0.25, -0.2) is 4.79 Å². The Bertz CT molecular complexity index is 540. The Morgan fingerprint density at radius 2 is 2.10 bits per heavy atom. The molecule has 0 saturated carbocycles. The van der Waals surface area contributed by atoms with Crippen molar-refractivity contribution < 1.29 is 14.1 Å². The molecule has 0 fully saturated rings. The van der Waals surface area contributed by atoms with Gasteiger partial charge in [0.25, 0.3) is 0 Å². The third-order valence-corrected chi connectivity index (χ3v) is 2.65. The normalized spacial score (nSPS) is 10.4. The first kappa shape index (κ1) is 14.0. The molecule has 0 aliphatic carbocycles. The van der Waals surface area contributed by atoms with Crippen LogP contribution in [0.1, 0.15) is 23.7 Å². The molecule has 6 heteroatoms. The molecular weight excluding hydrogens is 258 g/mol. The molecule has 2 aromatic rings. The number of carbonyl (C=O) groups is 1. The Morgan fingerprint density at radius 3 is 2.85 bits per heavy atom. The summed E-state index contributed by atoms with van der Waals surface area (Å²) in [5.41, 5.74) is 6.11. The second-order valence-electron chi connectivity index (χ2n) is 4.19. The van der Waals surface area contributed by atoms with Crippen LogP contribution < -0.4 is 5.73 Å². The van der Waals surface area contributed by atoms with Crippen LogP contribution in [0, 0.1) is 6.42 Å². The number of carbonyl (C=O) groups excluding carboxylic acids is 1. The molecule has 0 bridgehead atoms. The molecule has 0 atom stereocenters. The van der Waals surface area contributed by atoms with E-state index in [1.807, 2.05) is 24.6 Å². The van der Waals surface area contributed by atoms with Crippen LogP contribution in [0.15, 0.2) is 34.9 Å². The molecule has 2 rings (SSSR count). The van der Waals surface area contributed by atoms with E-state index in [2.05, 4.69) is 27.0 Å². The van der Waals surface area contributed by atoms with Gasteiger partial charge in [0.1, 0.15) is 6.61 Å². The van der Waals surface area contributed by atoms with E-state index in [1.54, 1.807) is 0 Å². The summed E-state index contributed by atoms with van der Waals surface area (Å²) in [5.74, 6) is 0.979. The van der Waals surface area contributed by atoms with Crippen LogP contribution in [0.2, 0.25) is 0 Å². The van der Waals surface area contributed by atoms with Gasteiger partial charge in [0.05, 0.1) is 6.42 Å². The van der Waals surface area contributed by atoms with Crippen LogP contribution in [0.25, 0.3) is 0 Å². The number of aryl methyl sites for hydroxylation is 1. The lowest BCUT2D eigenvalue weighted by molar-refractivity contribution is 0.157. The Morgan fingerprint density at radius 1 is 1.30 bits per heavy atom. The minimum absolute atomic E-state index is 0.151. The quantitative estimate of drug-likeness (QED) is 0.832. The maximum absolute atomic E-state index is 10.4. The molecule has 1 heterocycles. The highest BCUT2D eigenvalue weighted by Gasteiger charge is 2.07. The fraction of sp³-hybridized carbons (Fsp3) is 0.286. The highest BCUT2D eigenvalue weighted by molar-refractivity contribution is 5.64. The number of nitrogens with two attached hydrogens (primary N) is 1. The summed E-state index contributed by atoms with van der Waals surface area (Å²) < 4.78 is 9.67. The summed E-state index contributed by atoms with van der Waals surface area (Å²) in [5, 5.41) is 3.79. The third-order valence-electron chi connectivity index (χ3n) is 2.65. The van der Waals surface area contributed by atoms with Gasteiger partial charge in [-0.15, -0.1) is 0 Å². The first-order valence-corrected chi connectivity index (χ1v) is 6.36. The van der Waals surface area contributed by atoms with E-state index in [9.17, 15) is 4.79 Å². The van der Waals surface area contributed by atoms with Crippen molar-refractivity contribution in [3.05, 3.63) is 54.0 Å². The number of amides is 1. The van der Waals surface area contributed by atoms with Crippen LogP contribution in [0.5, 0.6) is 0 Å². The molecule has 0 unspecified atom stereocenters. The molecule has 1 amide bonds. The van der Waals surface area contributed by atoms with Gasteiger partial charge < -0.3 is 15.0 Å². The van der Waals surface area contributed by atoms with Gasteiger partial charge in [-0.05, 0) is 18.4 Å². The van der Waals surface area contributed by atoms with E-state index in [1.165, 1.54) is 5.56 Å². The highest BCUT2D eigenvalue weighted by atomic mass is 16.5. The minimum Gasteiger partial charge on any atom is -0.449 e. The molecule has 0 aliphatic heterocycles. The van der Waals surface area contributed by atoms with Gasteiger partial charge in [0.2, 0.25) is 5.89 Å². The summed E-state index contributed by atoms with van der Waals surface area (Å²) in [6.07, 6.45) is 3.22. The minimum atomic E-state index is -0.803. The van der Waals surface area contributed by atoms with Crippen molar-refractivity contribution in [2.24, 2.45) is 5.73 Å². The van der Waals surface area contributed by atoms with Crippen LogP contribution >= 0.6 is 0 Å². The smallest absolute Gasteiger partial charge is 0.404 e. The third kappa shape index (κ3) is 4.72. The lowest BCUT2D eigenvalue weighted by atomic mass is 10.1. The monoisotopic (exact) mass is 274 g/mol. The highest BCUT2D eigenvalue weighted by Crippen LogP contribution is 2.09. The van der Waals surface area contributed by atoms with Crippen molar-refractivity contribution in [3.63, 3.8) is 0 Å². The Kier molecular flexibility index (Phi) is 5.11. The topological polar surface area (TPSA) is 91.2 Å². The van der Waals surface area contributed by atoms with Crippen molar-refractivity contribution in [2.75, 3.05) is 6.61 Å². The molecule has 105 valence electrons. The molecule has 6 nitrogen and oxygen atoms in total. The number of hydrogen-bond acceptors (Lipinski definition) is 5. The standard InChI is InChI=1S/C14H16N3O3/c15-14(18)19-10-9-12-16-13(20-17-12)8-4-7-11-5-2-1-3-6-11/h1-3,5-6,8H,4,7,9-10H2,(H2,15,18). The number of hydrogen-bond donors (Lipinski definition) is 1. The van der Waals surface area contributed by atoms with Crippen LogP contribution in [-0.2, 0) is 17.6 Å². The van der Waals surface area contributed by atoms with E-state index >= 15 is 0 Å². The number of aromatic nitrogens is 2. The van der Waals surface area contributed by atoms with Crippen molar-refractivity contribution in [3.8, 4) is 0 Å². The first-order chi connectivity index (χ1) is 9.74. The zero-order valence-electron chi connectivity index (χ0n) is 11.0. The Balaban J connectivity index is 1.71. The van der Waals surface area contributed by atoms with Crippen LogP contribution in [0.4, 0.5) is 4.79 Å². The number of benzene rings is 1. The van der Waals surface area contributed by atoms with Crippen LogP contribution in [0.3, 0.4) is 0 Å². The molecule has 0 aliphatic rings. The zero-order valence-corrected chi connectivity index (χ0v) is 11.0. The predicted molar refractivity (Wildman–Crippen MR) is 71.7 cm³/mol. The second kappa shape index (κ2) is 7.28. The average Bonchev–Trinajstić information content (AvgIpc) is 2.87. The molecule has 1 radical (unpaired) electrons. The summed E-state index contributed by atoms with van der Waals surface area (Å²) in [7, 11) is 0. The van der Waals surface area contributed by atoms with Crippen molar-refractivity contribution >= 4 is 6.09 Å². The van der Waals surface area contributed by atoms with E-state index in [0.717, 1.165) is 12.8 Å². The maximum atomic E-state index is 10.4. The maximum Gasteiger partial charge on any atom is 0.404 e. The van der Waals surface area contributed by atoms with Crippen molar-refractivity contribution in [1.82, 2.24) is 10.1 Å². The fourth-order valence-electron chi connectivity index (χ4n) is 1.70. The summed E-state index contributed by atoms with van der Waals surface area (Å²) in [6, 6.07) is 10.2. The largest absolute Gasteiger partial charge is 0.449 e. The fourth-order valence-corrected chi connectivity index (χ4v) is 1.70. The lowest BCUT2D eigenvalue weighted by Gasteiger charge is -1.97. The van der Waals surface area contributed by atoms with E-state index < -0.39 is 6.09 Å². The summed E-state index contributed by atoms with van der Waals surface area (Å²) in [4.78, 5) is 14.6. The molecule has 1 aromatic carbocycles. The molecule has 1 aromatic heterocycles. The van der Waals surface area contributed by atoms with Gasteiger partial charge in [0.15, 0.2) is 5.82 Å². The van der Waals surface area contributed by atoms with Crippen LogP contribution in [-0.4, -0.2) is 22.8 Å². The SMILES string of the molecule is NC(=O)OCCc1noc([CH]CCc2ccccc2)n1. The molecule has 20 heavy (non-hydrogen) atoms. The van der Waals surface area contributed by atoms with Gasteiger partial charge in [-0.3, -0.25) is 0 Å².